The molecule has 0 saturated heterocycles. The van der Waals surface area contributed by atoms with E-state index in [1.165, 1.54) is 23.4 Å². The standard InChI is InChI=1S/C13H12N4S/c1-2-4-9(5-3-1)8-11-14-15-13-17(11)16-12(18-13)10-6-7-10/h1-5,10H,6-8H2. The lowest BCUT2D eigenvalue weighted by Gasteiger charge is -1.97. The zero-order valence-corrected chi connectivity index (χ0v) is 10.6. The highest BCUT2D eigenvalue weighted by Gasteiger charge is 2.28. The molecule has 5 heteroatoms. The molecule has 2 heterocycles. The van der Waals surface area contributed by atoms with Gasteiger partial charge in [0.15, 0.2) is 5.82 Å². The van der Waals surface area contributed by atoms with Crippen LogP contribution in [0.5, 0.6) is 0 Å². The Labute approximate surface area is 108 Å². The molecule has 1 saturated carbocycles. The molecule has 0 aliphatic heterocycles. The zero-order chi connectivity index (χ0) is 11.9. The average Bonchev–Trinajstić information content (AvgIpc) is 3.06. The third kappa shape index (κ3) is 1.71. The van der Waals surface area contributed by atoms with Crippen LogP contribution in [0.4, 0.5) is 0 Å². The van der Waals surface area contributed by atoms with Crippen molar-refractivity contribution < 1.29 is 0 Å². The van der Waals surface area contributed by atoms with Gasteiger partial charge >= 0.3 is 0 Å². The normalized spacial score (nSPS) is 15.3. The molecule has 1 aromatic carbocycles. The van der Waals surface area contributed by atoms with Crippen LogP contribution < -0.4 is 0 Å². The Bertz CT molecular complexity index is 681. The summed E-state index contributed by atoms with van der Waals surface area (Å²) < 4.78 is 1.91. The monoisotopic (exact) mass is 256 g/mol. The first-order valence-corrected chi connectivity index (χ1v) is 6.97. The molecule has 0 unspecified atom stereocenters. The lowest BCUT2D eigenvalue weighted by Crippen LogP contribution is -1.97. The topological polar surface area (TPSA) is 43.1 Å². The van der Waals surface area contributed by atoms with E-state index in [0.717, 1.165) is 17.2 Å². The average molecular weight is 256 g/mol. The number of nitrogens with zero attached hydrogens (tertiary/aromatic N) is 4. The van der Waals surface area contributed by atoms with Crippen LogP contribution in [0, 0.1) is 0 Å². The minimum absolute atomic E-state index is 0.682. The number of aromatic nitrogens is 4. The fourth-order valence-corrected chi connectivity index (χ4v) is 3.08. The maximum Gasteiger partial charge on any atom is 0.234 e. The van der Waals surface area contributed by atoms with Gasteiger partial charge in [-0.25, -0.2) is 0 Å². The molecule has 0 spiro atoms. The van der Waals surface area contributed by atoms with E-state index >= 15 is 0 Å². The summed E-state index contributed by atoms with van der Waals surface area (Å²) >= 11 is 1.68. The Kier molecular flexibility index (Phi) is 2.20. The van der Waals surface area contributed by atoms with Crippen molar-refractivity contribution in [3.8, 4) is 0 Å². The Hall–Kier alpha value is -1.75. The summed E-state index contributed by atoms with van der Waals surface area (Å²) in [5.41, 5.74) is 1.24. The van der Waals surface area contributed by atoms with Gasteiger partial charge in [0.2, 0.25) is 4.96 Å². The van der Waals surface area contributed by atoms with Gasteiger partial charge in [0.05, 0.1) is 0 Å². The van der Waals surface area contributed by atoms with E-state index in [9.17, 15) is 0 Å². The lowest BCUT2D eigenvalue weighted by atomic mass is 10.1. The Balaban J connectivity index is 1.71. The first-order chi connectivity index (χ1) is 8.90. The number of rotatable bonds is 3. The second-order valence-electron chi connectivity index (χ2n) is 4.69. The van der Waals surface area contributed by atoms with Crippen LogP contribution in [0.15, 0.2) is 30.3 Å². The minimum atomic E-state index is 0.682. The van der Waals surface area contributed by atoms with Crippen molar-refractivity contribution in [2.24, 2.45) is 0 Å². The van der Waals surface area contributed by atoms with Crippen molar-refractivity contribution >= 4 is 16.3 Å². The van der Waals surface area contributed by atoms with Crippen LogP contribution in [0.2, 0.25) is 0 Å². The molecule has 4 rings (SSSR count). The number of fused-ring (bicyclic) bond motifs is 1. The van der Waals surface area contributed by atoms with Gasteiger partial charge in [-0.05, 0) is 18.4 Å². The quantitative estimate of drug-likeness (QED) is 0.723. The molecule has 90 valence electrons. The third-order valence-electron chi connectivity index (χ3n) is 3.20. The molecule has 3 aromatic rings. The second-order valence-corrected chi connectivity index (χ2v) is 5.68. The molecule has 1 aliphatic carbocycles. The first kappa shape index (κ1) is 10.2. The van der Waals surface area contributed by atoms with E-state index in [1.54, 1.807) is 11.3 Å². The van der Waals surface area contributed by atoms with Gasteiger partial charge < -0.3 is 0 Å². The summed E-state index contributed by atoms with van der Waals surface area (Å²) in [5.74, 6) is 1.61. The van der Waals surface area contributed by atoms with Gasteiger partial charge in [-0.15, -0.1) is 10.2 Å². The molecular weight excluding hydrogens is 244 g/mol. The van der Waals surface area contributed by atoms with Crippen LogP contribution in [-0.4, -0.2) is 19.8 Å². The summed E-state index contributed by atoms with van der Waals surface area (Å²) in [7, 11) is 0. The Morgan fingerprint density at radius 3 is 2.78 bits per heavy atom. The van der Waals surface area contributed by atoms with Gasteiger partial charge in [0, 0.05) is 12.3 Å². The van der Waals surface area contributed by atoms with E-state index in [-0.39, 0.29) is 0 Å². The van der Waals surface area contributed by atoms with Crippen molar-refractivity contribution in [1.82, 2.24) is 19.8 Å². The maximum absolute atomic E-state index is 4.64. The second kappa shape index (κ2) is 3.88. The highest BCUT2D eigenvalue weighted by molar-refractivity contribution is 7.16. The molecular formula is C13H12N4S. The molecule has 1 aliphatic rings. The number of hydrogen-bond donors (Lipinski definition) is 0. The van der Waals surface area contributed by atoms with E-state index in [4.69, 9.17) is 0 Å². The molecule has 0 amide bonds. The van der Waals surface area contributed by atoms with E-state index in [0.29, 0.717) is 5.92 Å². The highest BCUT2D eigenvalue weighted by Crippen LogP contribution is 2.41. The van der Waals surface area contributed by atoms with Crippen molar-refractivity contribution in [1.29, 1.82) is 0 Å². The van der Waals surface area contributed by atoms with Crippen LogP contribution in [-0.2, 0) is 6.42 Å². The summed E-state index contributed by atoms with van der Waals surface area (Å²) in [6.07, 6.45) is 3.34. The molecule has 0 radical (unpaired) electrons. The Morgan fingerprint density at radius 1 is 1.17 bits per heavy atom. The molecule has 4 nitrogen and oxygen atoms in total. The van der Waals surface area contributed by atoms with Gasteiger partial charge in [-0.1, -0.05) is 41.7 Å². The van der Waals surface area contributed by atoms with E-state index in [1.807, 2.05) is 22.7 Å². The van der Waals surface area contributed by atoms with E-state index in [2.05, 4.69) is 27.4 Å². The number of hydrogen-bond acceptors (Lipinski definition) is 4. The lowest BCUT2D eigenvalue weighted by molar-refractivity contribution is 0.823. The van der Waals surface area contributed by atoms with Crippen molar-refractivity contribution in [3.63, 3.8) is 0 Å². The number of benzene rings is 1. The third-order valence-corrected chi connectivity index (χ3v) is 4.26. The Morgan fingerprint density at radius 2 is 2.00 bits per heavy atom. The SMILES string of the molecule is c1ccc(Cc2nnc3sc(C4CC4)nn23)cc1. The summed E-state index contributed by atoms with van der Waals surface area (Å²) in [6.45, 7) is 0. The molecule has 18 heavy (non-hydrogen) atoms. The predicted molar refractivity (Wildman–Crippen MR) is 69.9 cm³/mol. The maximum atomic E-state index is 4.64. The fourth-order valence-electron chi connectivity index (χ4n) is 2.06. The summed E-state index contributed by atoms with van der Waals surface area (Å²) in [6, 6.07) is 10.3. The van der Waals surface area contributed by atoms with Crippen LogP contribution in [0.3, 0.4) is 0 Å². The predicted octanol–water partition coefficient (Wildman–Crippen LogP) is 2.65. The first-order valence-electron chi connectivity index (χ1n) is 6.15. The molecule has 1 fully saturated rings. The zero-order valence-electron chi connectivity index (χ0n) is 9.78. The van der Waals surface area contributed by atoms with Gasteiger partial charge in [0.1, 0.15) is 5.01 Å². The molecule has 0 atom stereocenters. The van der Waals surface area contributed by atoms with Gasteiger partial charge in [0.25, 0.3) is 0 Å². The fraction of sp³-hybridized carbons (Fsp3) is 0.308. The van der Waals surface area contributed by atoms with E-state index < -0.39 is 0 Å². The molecule has 2 aromatic heterocycles. The van der Waals surface area contributed by atoms with Gasteiger partial charge in [-0.3, -0.25) is 0 Å². The van der Waals surface area contributed by atoms with Gasteiger partial charge in [-0.2, -0.15) is 9.61 Å². The van der Waals surface area contributed by atoms with Crippen molar-refractivity contribution in [2.75, 3.05) is 0 Å². The minimum Gasteiger partial charge on any atom is -0.187 e. The summed E-state index contributed by atoms with van der Waals surface area (Å²) in [4.78, 5) is 0.919. The highest BCUT2D eigenvalue weighted by atomic mass is 32.1. The molecule has 0 N–H and O–H groups in total. The van der Waals surface area contributed by atoms with Crippen LogP contribution in [0.25, 0.3) is 4.96 Å². The van der Waals surface area contributed by atoms with Crippen LogP contribution in [0.1, 0.15) is 35.2 Å². The largest absolute Gasteiger partial charge is 0.234 e. The van der Waals surface area contributed by atoms with Crippen molar-refractivity contribution in [3.05, 3.63) is 46.7 Å². The smallest absolute Gasteiger partial charge is 0.187 e. The van der Waals surface area contributed by atoms with Crippen molar-refractivity contribution in [2.45, 2.75) is 25.2 Å². The van der Waals surface area contributed by atoms with Crippen LogP contribution >= 0.6 is 11.3 Å². The molecule has 0 bridgehead atoms. The summed E-state index contributed by atoms with van der Waals surface area (Å²) in [5, 5.41) is 14.3.